The molecule has 0 radical (unpaired) electrons. The number of aromatic nitrogens is 1. The number of allylic oxidation sites excluding steroid dienone is 2. The van der Waals surface area contributed by atoms with Crippen molar-refractivity contribution in [1.29, 1.82) is 0 Å². The van der Waals surface area contributed by atoms with Crippen molar-refractivity contribution in [3.63, 3.8) is 0 Å². The summed E-state index contributed by atoms with van der Waals surface area (Å²) in [5.74, 6) is 0. The molecule has 0 aliphatic rings. The molecule has 0 saturated carbocycles. The van der Waals surface area contributed by atoms with Crippen LogP contribution < -0.4 is 0 Å². The molecule has 0 fully saturated rings. The molecule has 0 aliphatic heterocycles. The molecule has 3 aromatic rings. The van der Waals surface area contributed by atoms with Crippen LogP contribution in [0.1, 0.15) is 18.2 Å². The molecular weight excluding hydrogens is 250 g/mol. The van der Waals surface area contributed by atoms with Crippen LogP contribution in [0.15, 0.2) is 59.4 Å². The molecule has 0 N–H and O–H groups in total. The topological polar surface area (TPSA) is 12.9 Å². The first-order valence-electron chi connectivity index (χ1n) is 6.36. The Bertz CT molecular complexity index is 706. The molecule has 94 valence electrons. The van der Waals surface area contributed by atoms with E-state index in [9.17, 15) is 0 Å². The van der Waals surface area contributed by atoms with Gasteiger partial charge < -0.3 is 0 Å². The zero-order valence-electron chi connectivity index (χ0n) is 10.8. The Morgan fingerprint density at radius 2 is 2.11 bits per heavy atom. The molecule has 2 aromatic heterocycles. The first-order chi connectivity index (χ1) is 9.34. The van der Waals surface area contributed by atoms with Gasteiger partial charge in [0.05, 0.1) is 5.69 Å². The summed E-state index contributed by atoms with van der Waals surface area (Å²) in [7, 11) is 0. The lowest BCUT2D eigenvalue weighted by molar-refractivity contribution is 1.26. The van der Waals surface area contributed by atoms with Gasteiger partial charge >= 0.3 is 0 Å². The number of benzene rings is 1. The van der Waals surface area contributed by atoms with Crippen LogP contribution >= 0.6 is 11.3 Å². The molecule has 0 unspecified atom stereocenters. The highest BCUT2D eigenvalue weighted by Crippen LogP contribution is 2.23. The van der Waals surface area contributed by atoms with Crippen molar-refractivity contribution >= 4 is 27.7 Å². The predicted molar refractivity (Wildman–Crippen MR) is 83.4 cm³/mol. The minimum atomic E-state index is 0.972. The quantitative estimate of drug-likeness (QED) is 0.653. The second kappa shape index (κ2) is 5.37. The predicted octanol–water partition coefficient (Wildman–Crippen LogP) is 4.94. The van der Waals surface area contributed by atoms with Crippen LogP contribution in [0.4, 0.5) is 0 Å². The Labute approximate surface area is 117 Å². The van der Waals surface area contributed by atoms with E-state index in [2.05, 4.69) is 65.1 Å². The maximum Gasteiger partial charge on any atom is 0.0734 e. The summed E-state index contributed by atoms with van der Waals surface area (Å²) in [6, 6.07) is 12.6. The molecule has 1 nitrogen and oxygen atoms in total. The zero-order chi connectivity index (χ0) is 13.1. The van der Waals surface area contributed by atoms with Crippen LogP contribution in [0.3, 0.4) is 0 Å². The summed E-state index contributed by atoms with van der Waals surface area (Å²) in [5, 5.41) is 6.79. The van der Waals surface area contributed by atoms with E-state index in [1.807, 2.05) is 6.20 Å². The third kappa shape index (κ3) is 2.59. The van der Waals surface area contributed by atoms with Gasteiger partial charge in [0.2, 0.25) is 0 Å². The molecule has 0 saturated heterocycles. The van der Waals surface area contributed by atoms with Crippen LogP contribution in [0.5, 0.6) is 0 Å². The van der Waals surface area contributed by atoms with Crippen molar-refractivity contribution in [3.8, 4) is 0 Å². The van der Waals surface area contributed by atoms with Gasteiger partial charge in [-0.15, -0.1) is 0 Å². The van der Waals surface area contributed by atoms with Crippen LogP contribution in [0.2, 0.25) is 0 Å². The van der Waals surface area contributed by atoms with E-state index in [1.54, 1.807) is 11.3 Å². The Hall–Kier alpha value is -1.93. The standard InChI is InChI=1S/C17H15NS/c1-13(6-7-14-9-11-19-12-14)17-16-5-3-2-4-15(16)8-10-18-17/h2-6,8-12H,7H2,1H3. The second-order valence-electron chi connectivity index (χ2n) is 4.60. The number of hydrogen-bond donors (Lipinski definition) is 0. The summed E-state index contributed by atoms with van der Waals surface area (Å²) in [4.78, 5) is 4.54. The van der Waals surface area contributed by atoms with Gasteiger partial charge in [-0.05, 0) is 52.8 Å². The van der Waals surface area contributed by atoms with E-state index in [0.29, 0.717) is 0 Å². The minimum absolute atomic E-state index is 0.972. The molecule has 0 atom stereocenters. The van der Waals surface area contributed by atoms with Crippen molar-refractivity contribution in [2.45, 2.75) is 13.3 Å². The lowest BCUT2D eigenvalue weighted by Gasteiger charge is -2.05. The Morgan fingerprint density at radius 1 is 1.21 bits per heavy atom. The number of hydrogen-bond acceptors (Lipinski definition) is 2. The van der Waals surface area contributed by atoms with Gasteiger partial charge in [-0.1, -0.05) is 30.3 Å². The van der Waals surface area contributed by atoms with E-state index < -0.39 is 0 Å². The fourth-order valence-corrected chi connectivity index (χ4v) is 2.89. The number of rotatable bonds is 3. The van der Waals surface area contributed by atoms with Crippen molar-refractivity contribution < 1.29 is 0 Å². The molecule has 0 amide bonds. The molecule has 2 heterocycles. The van der Waals surface area contributed by atoms with Crippen LogP contribution in [-0.4, -0.2) is 4.98 Å². The van der Waals surface area contributed by atoms with E-state index in [1.165, 1.54) is 21.9 Å². The Balaban J connectivity index is 1.97. The molecular formula is C17H15NS. The molecule has 2 heteroatoms. The molecule has 3 rings (SSSR count). The third-order valence-corrected chi connectivity index (χ3v) is 4.00. The molecule has 0 spiro atoms. The molecule has 0 aliphatic carbocycles. The van der Waals surface area contributed by atoms with Gasteiger partial charge in [0.15, 0.2) is 0 Å². The van der Waals surface area contributed by atoms with Crippen LogP contribution in [-0.2, 0) is 6.42 Å². The van der Waals surface area contributed by atoms with Gasteiger partial charge in [-0.25, -0.2) is 0 Å². The Morgan fingerprint density at radius 3 is 2.95 bits per heavy atom. The Kier molecular flexibility index (Phi) is 3.43. The maximum absolute atomic E-state index is 4.54. The van der Waals surface area contributed by atoms with Gasteiger partial charge in [0.1, 0.15) is 0 Å². The normalized spacial score (nSPS) is 11.9. The van der Waals surface area contributed by atoms with Crippen molar-refractivity contribution in [1.82, 2.24) is 4.98 Å². The first kappa shape index (κ1) is 12.1. The number of thiophene rings is 1. The summed E-state index contributed by atoms with van der Waals surface area (Å²) >= 11 is 1.74. The van der Waals surface area contributed by atoms with Crippen molar-refractivity contribution in [2.75, 3.05) is 0 Å². The molecule has 0 bridgehead atoms. The number of fused-ring (bicyclic) bond motifs is 1. The van der Waals surface area contributed by atoms with Crippen molar-refractivity contribution in [3.05, 3.63) is 70.7 Å². The molecule has 19 heavy (non-hydrogen) atoms. The highest BCUT2D eigenvalue weighted by Gasteiger charge is 2.03. The lowest BCUT2D eigenvalue weighted by Crippen LogP contribution is -1.89. The highest BCUT2D eigenvalue weighted by molar-refractivity contribution is 7.07. The maximum atomic E-state index is 4.54. The van der Waals surface area contributed by atoms with Crippen molar-refractivity contribution in [2.24, 2.45) is 0 Å². The van der Waals surface area contributed by atoms with Gasteiger partial charge in [-0.3, -0.25) is 4.98 Å². The fraction of sp³-hybridized carbons (Fsp3) is 0.118. The summed E-state index contributed by atoms with van der Waals surface area (Å²) in [5.41, 5.74) is 3.70. The van der Waals surface area contributed by atoms with Gasteiger partial charge in [0.25, 0.3) is 0 Å². The lowest BCUT2D eigenvalue weighted by atomic mass is 10.0. The third-order valence-electron chi connectivity index (χ3n) is 3.27. The van der Waals surface area contributed by atoms with Crippen LogP contribution in [0, 0.1) is 0 Å². The van der Waals surface area contributed by atoms with E-state index in [4.69, 9.17) is 0 Å². The second-order valence-corrected chi connectivity index (χ2v) is 5.38. The summed E-state index contributed by atoms with van der Waals surface area (Å²) < 4.78 is 0. The van der Waals surface area contributed by atoms with E-state index in [0.717, 1.165) is 12.1 Å². The zero-order valence-corrected chi connectivity index (χ0v) is 11.7. The van der Waals surface area contributed by atoms with Gasteiger partial charge in [-0.2, -0.15) is 11.3 Å². The molecule has 1 aromatic carbocycles. The monoisotopic (exact) mass is 265 g/mol. The minimum Gasteiger partial charge on any atom is -0.256 e. The number of nitrogens with zero attached hydrogens (tertiary/aromatic N) is 1. The average Bonchev–Trinajstić information content (AvgIpc) is 2.97. The summed E-state index contributed by atoms with van der Waals surface area (Å²) in [6.07, 6.45) is 5.12. The fourth-order valence-electron chi connectivity index (χ4n) is 2.21. The van der Waals surface area contributed by atoms with E-state index in [-0.39, 0.29) is 0 Å². The highest BCUT2D eigenvalue weighted by atomic mass is 32.1. The van der Waals surface area contributed by atoms with Gasteiger partial charge in [0, 0.05) is 11.6 Å². The average molecular weight is 265 g/mol. The SMILES string of the molecule is CC(=CCc1ccsc1)c1nccc2ccccc12. The van der Waals surface area contributed by atoms with Crippen LogP contribution in [0.25, 0.3) is 16.3 Å². The number of pyridine rings is 1. The smallest absolute Gasteiger partial charge is 0.0734 e. The van der Waals surface area contributed by atoms with E-state index >= 15 is 0 Å². The largest absolute Gasteiger partial charge is 0.256 e. The summed E-state index contributed by atoms with van der Waals surface area (Å²) in [6.45, 7) is 2.14. The first-order valence-corrected chi connectivity index (χ1v) is 7.31.